The van der Waals surface area contributed by atoms with Gasteiger partial charge in [0, 0.05) is 0 Å². The van der Waals surface area contributed by atoms with E-state index in [2.05, 4.69) is 4.74 Å². The van der Waals surface area contributed by atoms with Crippen LogP contribution in [0.3, 0.4) is 0 Å². The maximum Gasteiger partial charge on any atom is 0.337 e. The van der Waals surface area contributed by atoms with Crippen molar-refractivity contribution in [1.29, 1.82) is 0 Å². The molecule has 0 aliphatic carbocycles. The standard InChI is InChI=1S/C12H17NO3/c1-8(7-13)10-6-9(12(14)16-3)4-5-11(10)15-2/h4-6,8H,7,13H2,1-3H3. The van der Waals surface area contributed by atoms with Gasteiger partial charge in [-0.05, 0) is 36.2 Å². The van der Waals surface area contributed by atoms with Crippen LogP contribution in [0, 0.1) is 0 Å². The molecule has 0 aromatic heterocycles. The molecule has 0 saturated carbocycles. The van der Waals surface area contributed by atoms with Crippen LogP contribution in [0.15, 0.2) is 18.2 Å². The number of esters is 1. The molecular formula is C12H17NO3. The summed E-state index contributed by atoms with van der Waals surface area (Å²) in [5, 5.41) is 0. The molecule has 4 nitrogen and oxygen atoms in total. The molecule has 1 aromatic rings. The maximum absolute atomic E-state index is 11.4. The van der Waals surface area contributed by atoms with Crippen molar-refractivity contribution < 1.29 is 14.3 Å². The topological polar surface area (TPSA) is 61.5 Å². The maximum atomic E-state index is 11.4. The van der Waals surface area contributed by atoms with Gasteiger partial charge in [0.05, 0.1) is 19.8 Å². The van der Waals surface area contributed by atoms with Gasteiger partial charge < -0.3 is 15.2 Å². The van der Waals surface area contributed by atoms with Crippen molar-refractivity contribution in [2.24, 2.45) is 5.73 Å². The molecule has 0 aliphatic heterocycles. The van der Waals surface area contributed by atoms with E-state index < -0.39 is 0 Å². The zero-order chi connectivity index (χ0) is 12.1. The third-order valence-corrected chi connectivity index (χ3v) is 2.54. The van der Waals surface area contributed by atoms with Crippen molar-refractivity contribution in [2.45, 2.75) is 12.8 Å². The van der Waals surface area contributed by atoms with E-state index in [9.17, 15) is 4.79 Å². The van der Waals surface area contributed by atoms with Crippen LogP contribution in [0.25, 0.3) is 0 Å². The van der Waals surface area contributed by atoms with Crippen LogP contribution in [0.4, 0.5) is 0 Å². The Morgan fingerprint density at radius 2 is 2.12 bits per heavy atom. The molecule has 1 atom stereocenters. The summed E-state index contributed by atoms with van der Waals surface area (Å²) in [5.74, 6) is 0.526. The summed E-state index contributed by atoms with van der Waals surface area (Å²) in [5.41, 5.74) is 7.05. The van der Waals surface area contributed by atoms with Crippen LogP contribution in [0.5, 0.6) is 5.75 Å². The molecule has 1 aromatic carbocycles. The smallest absolute Gasteiger partial charge is 0.337 e. The molecule has 2 N–H and O–H groups in total. The first-order chi connectivity index (χ1) is 7.63. The second-order valence-electron chi connectivity index (χ2n) is 3.59. The number of rotatable bonds is 4. The van der Waals surface area contributed by atoms with Crippen molar-refractivity contribution in [1.82, 2.24) is 0 Å². The van der Waals surface area contributed by atoms with E-state index in [-0.39, 0.29) is 11.9 Å². The highest BCUT2D eigenvalue weighted by Gasteiger charge is 2.14. The van der Waals surface area contributed by atoms with E-state index in [0.29, 0.717) is 12.1 Å². The van der Waals surface area contributed by atoms with Gasteiger partial charge in [0.1, 0.15) is 5.75 Å². The quantitative estimate of drug-likeness (QED) is 0.786. The van der Waals surface area contributed by atoms with Crippen LogP contribution < -0.4 is 10.5 Å². The van der Waals surface area contributed by atoms with Gasteiger partial charge in [-0.2, -0.15) is 0 Å². The molecule has 1 rings (SSSR count). The van der Waals surface area contributed by atoms with Gasteiger partial charge in [-0.25, -0.2) is 4.79 Å². The van der Waals surface area contributed by atoms with Gasteiger partial charge in [0.2, 0.25) is 0 Å². The zero-order valence-electron chi connectivity index (χ0n) is 9.82. The third-order valence-electron chi connectivity index (χ3n) is 2.54. The number of hydrogen-bond donors (Lipinski definition) is 1. The Hall–Kier alpha value is -1.55. The molecule has 0 aliphatic rings. The van der Waals surface area contributed by atoms with E-state index in [0.717, 1.165) is 11.3 Å². The van der Waals surface area contributed by atoms with Crippen LogP contribution >= 0.6 is 0 Å². The van der Waals surface area contributed by atoms with E-state index in [1.165, 1.54) is 7.11 Å². The fraction of sp³-hybridized carbons (Fsp3) is 0.417. The first-order valence-corrected chi connectivity index (χ1v) is 5.10. The summed E-state index contributed by atoms with van der Waals surface area (Å²) < 4.78 is 9.90. The van der Waals surface area contributed by atoms with Crippen molar-refractivity contribution in [3.05, 3.63) is 29.3 Å². The predicted octanol–water partition coefficient (Wildman–Crippen LogP) is 1.54. The minimum absolute atomic E-state index is 0.138. The molecule has 0 radical (unpaired) electrons. The van der Waals surface area contributed by atoms with Gasteiger partial charge in [-0.15, -0.1) is 0 Å². The molecule has 1 unspecified atom stereocenters. The number of carbonyl (C=O) groups excluding carboxylic acids is 1. The molecule has 88 valence electrons. The number of benzene rings is 1. The number of carbonyl (C=O) groups is 1. The van der Waals surface area contributed by atoms with Crippen LogP contribution in [0.1, 0.15) is 28.8 Å². The summed E-state index contributed by atoms with van der Waals surface area (Å²) in [7, 11) is 2.96. The predicted molar refractivity (Wildman–Crippen MR) is 61.8 cm³/mol. The molecule has 0 spiro atoms. The first-order valence-electron chi connectivity index (χ1n) is 5.10. The Balaban J connectivity index is 3.15. The molecule has 4 heteroatoms. The normalized spacial score (nSPS) is 12.0. The average molecular weight is 223 g/mol. The Kier molecular flexibility index (Phi) is 4.31. The Morgan fingerprint density at radius 3 is 2.62 bits per heavy atom. The molecule has 0 bridgehead atoms. The lowest BCUT2D eigenvalue weighted by atomic mass is 9.98. The molecule has 0 heterocycles. The summed E-state index contributed by atoms with van der Waals surface area (Å²) in [4.78, 5) is 11.4. The van der Waals surface area contributed by atoms with Crippen molar-refractivity contribution in [2.75, 3.05) is 20.8 Å². The van der Waals surface area contributed by atoms with Crippen molar-refractivity contribution in [3.63, 3.8) is 0 Å². The van der Waals surface area contributed by atoms with E-state index in [1.54, 1.807) is 25.3 Å². The number of methoxy groups -OCH3 is 2. The van der Waals surface area contributed by atoms with E-state index >= 15 is 0 Å². The Morgan fingerprint density at radius 1 is 1.44 bits per heavy atom. The molecule has 0 fully saturated rings. The number of hydrogen-bond acceptors (Lipinski definition) is 4. The minimum Gasteiger partial charge on any atom is -0.496 e. The largest absolute Gasteiger partial charge is 0.496 e. The van der Waals surface area contributed by atoms with Crippen molar-refractivity contribution >= 4 is 5.97 Å². The van der Waals surface area contributed by atoms with Crippen LogP contribution in [-0.4, -0.2) is 26.7 Å². The van der Waals surface area contributed by atoms with Gasteiger partial charge in [0.25, 0.3) is 0 Å². The average Bonchev–Trinajstić information content (AvgIpc) is 2.35. The molecular weight excluding hydrogens is 206 g/mol. The van der Waals surface area contributed by atoms with Gasteiger partial charge >= 0.3 is 5.97 Å². The highest BCUT2D eigenvalue weighted by molar-refractivity contribution is 5.89. The summed E-state index contributed by atoms with van der Waals surface area (Å²) >= 11 is 0. The fourth-order valence-corrected chi connectivity index (χ4v) is 1.49. The summed E-state index contributed by atoms with van der Waals surface area (Å²) in [6.45, 7) is 2.49. The number of ether oxygens (including phenoxy) is 2. The molecule has 16 heavy (non-hydrogen) atoms. The lowest BCUT2D eigenvalue weighted by Gasteiger charge is -2.14. The van der Waals surface area contributed by atoms with Gasteiger partial charge in [0.15, 0.2) is 0 Å². The highest BCUT2D eigenvalue weighted by Crippen LogP contribution is 2.27. The van der Waals surface area contributed by atoms with E-state index in [4.69, 9.17) is 10.5 Å². The van der Waals surface area contributed by atoms with Gasteiger partial charge in [-0.3, -0.25) is 0 Å². The lowest BCUT2D eigenvalue weighted by molar-refractivity contribution is 0.0600. The highest BCUT2D eigenvalue weighted by atomic mass is 16.5. The number of nitrogens with two attached hydrogens (primary N) is 1. The van der Waals surface area contributed by atoms with Crippen molar-refractivity contribution in [3.8, 4) is 5.75 Å². The zero-order valence-corrected chi connectivity index (χ0v) is 9.82. The monoisotopic (exact) mass is 223 g/mol. The van der Waals surface area contributed by atoms with Gasteiger partial charge in [-0.1, -0.05) is 6.92 Å². The summed E-state index contributed by atoms with van der Waals surface area (Å²) in [6, 6.07) is 5.20. The van der Waals surface area contributed by atoms with Crippen LogP contribution in [-0.2, 0) is 4.74 Å². The third kappa shape index (κ3) is 2.52. The summed E-state index contributed by atoms with van der Waals surface area (Å²) in [6.07, 6.45) is 0. The first kappa shape index (κ1) is 12.5. The second-order valence-corrected chi connectivity index (χ2v) is 3.59. The Bertz CT molecular complexity index is 377. The van der Waals surface area contributed by atoms with E-state index in [1.807, 2.05) is 6.92 Å². The molecule has 0 saturated heterocycles. The minimum atomic E-state index is -0.354. The SMILES string of the molecule is COC(=O)c1ccc(OC)c(C(C)CN)c1. The second kappa shape index (κ2) is 5.51. The van der Waals surface area contributed by atoms with Crippen LogP contribution in [0.2, 0.25) is 0 Å². The fourth-order valence-electron chi connectivity index (χ4n) is 1.49. The Labute approximate surface area is 95.3 Å². The molecule has 0 amide bonds. The lowest BCUT2D eigenvalue weighted by Crippen LogP contribution is -2.11.